The van der Waals surface area contributed by atoms with Gasteiger partial charge in [0.15, 0.2) is 5.82 Å². The van der Waals surface area contributed by atoms with Crippen molar-refractivity contribution in [1.82, 2.24) is 9.97 Å². The molecule has 9 heteroatoms. The summed E-state index contributed by atoms with van der Waals surface area (Å²) in [7, 11) is 0. The Bertz CT molecular complexity index is 1480. The van der Waals surface area contributed by atoms with E-state index in [9.17, 15) is 13.6 Å². The third kappa shape index (κ3) is 3.81. The number of carbonyl (C=O) groups excluding carboxylic acids is 1. The summed E-state index contributed by atoms with van der Waals surface area (Å²) in [4.78, 5) is 21.0. The smallest absolute Gasteiger partial charge is 0.201 e. The molecule has 1 unspecified atom stereocenters. The number of hydrogen-bond acceptors (Lipinski definition) is 5. The number of ether oxygens (including phenoxy) is 1. The van der Waals surface area contributed by atoms with Gasteiger partial charge < -0.3 is 14.4 Å². The molecule has 172 valence electrons. The van der Waals surface area contributed by atoms with E-state index in [2.05, 4.69) is 14.7 Å². The molecule has 0 aliphatic carbocycles. The SMILES string of the molecule is CC1=C(c2cnc3[nH]cc(C(=O)c4c(F)ccc(NSc5cccc(F)c5)c4F)c3c2)C(C)O1. The van der Waals surface area contributed by atoms with Crippen LogP contribution in [0.25, 0.3) is 16.6 Å². The first kappa shape index (κ1) is 22.1. The number of fused-ring (bicyclic) bond motifs is 1. The summed E-state index contributed by atoms with van der Waals surface area (Å²) in [5.41, 5.74) is 1.48. The third-order valence-electron chi connectivity index (χ3n) is 5.62. The van der Waals surface area contributed by atoms with Gasteiger partial charge in [0.25, 0.3) is 0 Å². The molecule has 2 N–H and O–H groups in total. The first-order valence-electron chi connectivity index (χ1n) is 10.4. The van der Waals surface area contributed by atoms with Gasteiger partial charge in [0, 0.05) is 39.4 Å². The first-order valence-corrected chi connectivity index (χ1v) is 11.2. The number of anilines is 1. The van der Waals surface area contributed by atoms with Crippen molar-refractivity contribution in [1.29, 1.82) is 0 Å². The molecule has 0 saturated carbocycles. The molecule has 2 aromatic carbocycles. The lowest BCUT2D eigenvalue weighted by Crippen LogP contribution is -2.21. The molecule has 0 bridgehead atoms. The fourth-order valence-electron chi connectivity index (χ4n) is 4.01. The molecule has 0 saturated heterocycles. The normalized spacial score (nSPS) is 15.3. The molecule has 3 heterocycles. The number of rotatable bonds is 6. The van der Waals surface area contributed by atoms with Crippen LogP contribution in [0.1, 0.15) is 35.3 Å². The molecule has 1 aliphatic rings. The average molecular weight is 481 g/mol. The molecule has 2 aromatic heterocycles. The monoisotopic (exact) mass is 481 g/mol. The van der Waals surface area contributed by atoms with Crippen molar-refractivity contribution in [3.63, 3.8) is 0 Å². The maximum absolute atomic E-state index is 15.3. The molecule has 5 rings (SSSR count). The minimum Gasteiger partial charge on any atom is -0.490 e. The number of aromatic nitrogens is 2. The van der Waals surface area contributed by atoms with E-state index in [-0.39, 0.29) is 17.4 Å². The number of nitrogens with one attached hydrogen (secondary N) is 2. The molecule has 0 fully saturated rings. The lowest BCUT2D eigenvalue weighted by atomic mass is 9.95. The number of hydrogen-bond donors (Lipinski definition) is 2. The summed E-state index contributed by atoms with van der Waals surface area (Å²) in [6.45, 7) is 3.74. The van der Waals surface area contributed by atoms with Gasteiger partial charge in [-0.05, 0) is 62.2 Å². The summed E-state index contributed by atoms with van der Waals surface area (Å²) in [6, 6.07) is 9.69. The number of nitrogens with zero attached hydrogens (tertiary/aromatic N) is 1. The van der Waals surface area contributed by atoms with E-state index in [1.807, 2.05) is 13.8 Å². The maximum Gasteiger partial charge on any atom is 0.201 e. The van der Waals surface area contributed by atoms with Gasteiger partial charge in [0.1, 0.15) is 29.1 Å². The fourth-order valence-corrected chi connectivity index (χ4v) is 4.71. The van der Waals surface area contributed by atoms with Crippen molar-refractivity contribution >= 4 is 40.0 Å². The first-order chi connectivity index (χ1) is 16.3. The van der Waals surface area contributed by atoms with Crippen LogP contribution in [0.15, 0.2) is 65.5 Å². The number of aromatic amines is 1. The highest BCUT2D eigenvalue weighted by molar-refractivity contribution is 8.00. The lowest BCUT2D eigenvalue weighted by molar-refractivity contribution is 0.103. The Hall–Kier alpha value is -3.72. The minimum absolute atomic E-state index is 0.0983. The van der Waals surface area contributed by atoms with Crippen LogP contribution < -0.4 is 4.72 Å². The Labute approximate surface area is 197 Å². The molecular formula is C25H18F3N3O2S. The quantitative estimate of drug-likeness (QED) is 0.244. The Balaban J connectivity index is 1.50. The van der Waals surface area contributed by atoms with Gasteiger partial charge in [0.2, 0.25) is 5.78 Å². The molecule has 34 heavy (non-hydrogen) atoms. The van der Waals surface area contributed by atoms with E-state index in [1.54, 1.807) is 18.3 Å². The second-order valence-corrected chi connectivity index (χ2v) is 8.71. The van der Waals surface area contributed by atoms with Crippen molar-refractivity contribution in [3.05, 3.63) is 94.8 Å². The average Bonchev–Trinajstić information content (AvgIpc) is 3.22. The van der Waals surface area contributed by atoms with Crippen molar-refractivity contribution in [2.45, 2.75) is 24.8 Å². The molecule has 1 aliphatic heterocycles. The number of benzene rings is 2. The highest BCUT2D eigenvalue weighted by Crippen LogP contribution is 2.36. The number of pyridine rings is 1. The van der Waals surface area contributed by atoms with Crippen molar-refractivity contribution in [2.24, 2.45) is 0 Å². The van der Waals surface area contributed by atoms with Crippen LogP contribution in [-0.2, 0) is 4.74 Å². The zero-order valence-electron chi connectivity index (χ0n) is 18.1. The molecule has 0 spiro atoms. The molecule has 4 aromatic rings. The summed E-state index contributed by atoms with van der Waals surface area (Å²) in [6.07, 6.45) is 2.96. The van der Waals surface area contributed by atoms with E-state index >= 15 is 4.39 Å². The number of allylic oxidation sites excluding steroid dienone is 1. The summed E-state index contributed by atoms with van der Waals surface area (Å²) < 4.78 is 51.6. The second kappa shape index (κ2) is 8.57. The van der Waals surface area contributed by atoms with Gasteiger partial charge in [0.05, 0.1) is 11.3 Å². The number of carbonyl (C=O) groups is 1. The molecule has 0 radical (unpaired) electrons. The molecular weight excluding hydrogens is 463 g/mol. The van der Waals surface area contributed by atoms with Gasteiger partial charge in [-0.3, -0.25) is 4.79 Å². The standard InChI is InChI=1S/C25H18F3N3O2S/c1-12-21(13(2)33-12)14-8-17-18(11-30-25(17)29-10-14)24(32)22-19(27)6-7-20(23(22)28)31-34-16-5-3-4-15(26)9-16/h3-12,31H,1-2H3,(H,29,30). The van der Waals surface area contributed by atoms with Crippen LogP contribution in [0.4, 0.5) is 18.9 Å². The fraction of sp³-hybridized carbons (Fsp3) is 0.120. The highest BCUT2D eigenvalue weighted by atomic mass is 32.2. The van der Waals surface area contributed by atoms with E-state index in [4.69, 9.17) is 4.74 Å². The predicted octanol–water partition coefficient (Wildman–Crippen LogP) is 6.48. The lowest BCUT2D eigenvalue weighted by Gasteiger charge is -2.30. The van der Waals surface area contributed by atoms with E-state index in [1.165, 1.54) is 30.5 Å². The van der Waals surface area contributed by atoms with Gasteiger partial charge in [-0.15, -0.1) is 0 Å². The van der Waals surface area contributed by atoms with Crippen LogP contribution in [0.5, 0.6) is 0 Å². The van der Waals surface area contributed by atoms with Crippen molar-refractivity contribution < 1.29 is 22.7 Å². The van der Waals surface area contributed by atoms with Crippen LogP contribution in [0.2, 0.25) is 0 Å². The molecule has 0 amide bonds. The van der Waals surface area contributed by atoms with E-state index < -0.39 is 28.8 Å². The number of halogens is 3. The van der Waals surface area contributed by atoms with Crippen LogP contribution in [0.3, 0.4) is 0 Å². The zero-order valence-corrected chi connectivity index (χ0v) is 18.9. The maximum atomic E-state index is 15.3. The van der Waals surface area contributed by atoms with Crippen LogP contribution in [-0.4, -0.2) is 21.9 Å². The number of H-pyrrole nitrogens is 1. The molecule has 5 nitrogen and oxygen atoms in total. The van der Waals surface area contributed by atoms with Gasteiger partial charge in [-0.25, -0.2) is 18.2 Å². The van der Waals surface area contributed by atoms with Gasteiger partial charge in [-0.1, -0.05) is 6.07 Å². The van der Waals surface area contributed by atoms with Crippen molar-refractivity contribution in [3.8, 4) is 0 Å². The Morgan fingerprint density at radius 1 is 1.18 bits per heavy atom. The van der Waals surface area contributed by atoms with Crippen LogP contribution >= 0.6 is 11.9 Å². The Morgan fingerprint density at radius 3 is 2.74 bits per heavy atom. The Morgan fingerprint density at radius 2 is 2.00 bits per heavy atom. The Kier molecular flexibility index (Phi) is 5.57. The van der Waals surface area contributed by atoms with Crippen molar-refractivity contribution in [2.75, 3.05) is 4.72 Å². The van der Waals surface area contributed by atoms with E-state index in [0.717, 1.165) is 34.9 Å². The van der Waals surface area contributed by atoms with Gasteiger partial charge >= 0.3 is 0 Å². The zero-order chi connectivity index (χ0) is 24.0. The van der Waals surface area contributed by atoms with Gasteiger partial charge in [-0.2, -0.15) is 0 Å². The summed E-state index contributed by atoms with van der Waals surface area (Å²) in [5.74, 6) is -2.51. The third-order valence-corrected chi connectivity index (χ3v) is 6.43. The predicted molar refractivity (Wildman–Crippen MR) is 125 cm³/mol. The topological polar surface area (TPSA) is 67.0 Å². The molecule has 1 atom stereocenters. The largest absolute Gasteiger partial charge is 0.490 e. The summed E-state index contributed by atoms with van der Waals surface area (Å²) >= 11 is 0.946. The van der Waals surface area contributed by atoms with E-state index in [0.29, 0.717) is 15.9 Å². The highest BCUT2D eigenvalue weighted by Gasteiger charge is 2.28. The second-order valence-electron chi connectivity index (χ2n) is 7.83. The van der Waals surface area contributed by atoms with Crippen LogP contribution in [0, 0.1) is 17.5 Å². The summed E-state index contributed by atoms with van der Waals surface area (Å²) in [5, 5.41) is 0.452. The minimum atomic E-state index is -1.04. The number of ketones is 1.